The predicted octanol–water partition coefficient (Wildman–Crippen LogP) is 1.54. The van der Waals surface area contributed by atoms with Crippen LogP contribution in [0.4, 0.5) is 0 Å². The van der Waals surface area contributed by atoms with E-state index in [1.54, 1.807) is 6.92 Å². The number of aliphatic hydroxyl groups is 2. The van der Waals surface area contributed by atoms with Gasteiger partial charge in [0.05, 0.1) is 17.1 Å². The first-order valence-electron chi connectivity index (χ1n) is 14.3. The van der Waals surface area contributed by atoms with Crippen molar-refractivity contribution in [2.24, 2.45) is 35.0 Å². The first kappa shape index (κ1) is 24.9. The fourth-order valence-corrected chi connectivity index (χ4v) is 10.5. The first-order chi connectivity index (χ1) is 18.1. The number of ether oxygens (including phenoxy) is 5. The van der Waals surface area contributed by atoms with E-state index in [2.05, 4.69) is 0 Å². The Balaban J connectivity index is 1.33. The number of carbonyl (C=O) groups excluding carboxylic acids is 3. The van der Waals surface area contributed by atoms with Crippen molar-refractivity contribution in [3.63, 3.8) is 0 Å². The molecular weight excluding hydrogens is 508 g/mol. The van der Waals surface area contributed by atoms with Crippen molar-refractivity contribution in [2.75, 3.05) is 0 Å². The molecule has 8 aliphatic rings. The Morgan fingerprint density at radius 1 is 1.00 bits per heavy atom. The Bertz CT molecular complexity index is 1270. The van der Waals surface area contributed by atoms with Crippen molar-refractivity contribution in [1.82, 2.24) is 0 Å². The molecule has 3 spiro atoms. The molecule has 6 aliphatic heterocycles. The summed E-state index contributed by atoms with van der Waals surface area (Å²) in [7, 11) is 0. The second-order valence-electron chi connectivity index (χ2n) is 14.3. The SMILES string of the molecule is C[C@@H]1C(=O)O[C@H]2[C@@H]1O[C@]13O[C@@]4(CC[C@]5(C)C(=O)[C@@H](C)[C@H]2[C@H]15)C[C@]12OC(=O)C[C@@]1(O)OC(C)(C)[C@@H]2CC=C4[C@@H]3O. The molecular formula is C29H36O10. The Morgan fingerprint density at radius 2 is 1.74 bits per heavy atom. The summed E-state index contributed by atoms with van der Waals surface area (Å²) in [5.41, 5.74) is -3.63. The zero-order valence-electron chi connectivity index (χ0n) is 22.9. The van der Waals surface area contributed by atoms with Crippen molar-refractivity contribution >= 4 is 17.7 Å². The lowest BCUT2D eigenvalue weighted by Crippen LogP contribution is -2.64. The van der Waals surface area contributed by atoms with E-state index in [0.717, 1.165) is 0 Å². The fraction of sp³-hybridized carbons (Fsp3) is 0.828. The van der Waals surface area contributed by atoms with Crippen LogP contribution in [0.1, 0.15) is 66.7 Å². The zero-order chi connectivity index (χ0) is 27.7. The van der Waals surface area contributed by atoms with E-state index in [-0.39, 0.29) is 36.4 Å². The maximum absolute atomic E-state index is 14.0. The molecule has 10 nitrogen and oxygen atoms in total. The first-order valence-corrected chi connectivity index (χ1v) is 14.3. The summed E-state index contributed by atoms with van der Waals surface area (Å²) in [6, 6.07) is 0. The van der Waals surface area contributed by atoms with Crippen LogP contribution < -0.4 is 0 Å². The molecule has 0 aromatic rings. The summed E-state index contributed by atoms with van der Waals surface area (Å²) in [6.07, 6.45) is 0.456. The minimum atomic E-state index is -1.85. The highest BCUT2D eigenvalue weighted by Gasteiger charge is 2.83. The van der Waals surface area contributed by atoms with Crippen LogP contribution in [0.3, 0.4) is 0 Å². The number of allylic oxidation sites excluding steroid dienone is 1. The largest absolute Gasteiger partial charge is 0.459 e. The van der Waals surface area contributed by atoms with Crippen LogP contribution >= 0.6 is 0 Å². The third-order valence-corrected chi connectivity index (χ3v) is 12.1. The van der Waals surface area contributed by atoms with E-state index in [0.29, 0.717) is 24.8 Å². The van der Waals surface area contributed by atoms with Gasteiger partial charge in [-0.15, -0.1) is 0 Å². The van der Waals surface area contributed by atoms with Crippen molar-refractivity contribution in [3.05, 3.63) is 11.6 Å². The summed E-state index contributed by atoms with van der Waals surface area (Å²) in [4.78, 5) is 39.4. The minimum absolute atomic E-state index is 0.0563. The van der Waals surface area contributed by atoms with Gasteiger partial charge in [0.15, 0.2) is 5.60 Å². The van der Waals surface area contributed by atoms with Gasteiger partial charge in [0, 0.05) is 35.5 Å². The van der Waals surface area contributed by atoms with Crippen LogP contribution in [0, 0.1) is 35.0 Å². The van der Waals surface area contributed by atoms with Gasteiger partial charge in [-0.05, 0) is 45.6 Å². The van der Waals surface area contributed by atoms with Gasteiger partial charge in [-0.3, -0.25) is 14.4 Å². The summed E-state index contributed by atoms with van der Waals surface area (Å²) >= 11 is 0. The number of hydrogen-bond acceptors (Lipinski definition) is 10. The van der Waals surface area contributed by atoms with Crippen molar-refractivity contribution in [3.8, 4) is 0 Å². The normalized spacial score (nSPS) is 59.8. The van der Waals surface area contributed by atoms with E-state index in [1.165, 1.54) is 0 Å². The molecule has 212 valence electrons. The molecule has 0 aromatic heterocycles. The summed E-state index contributed by atoms with van der Waals surface area (Å²) < 4.78 is 31.8. The molecule has 0 aromatic carbocycles. The molecule has 0 amide bonds. The molecule has 6 saturated heterocycles. The van der Waals surface area contributed by atoms with Crippen LogP contribution in [-0.2, 0) is 38.1 Å². The molecule has 13 atom stereocenters. The van der Waals surface area contributed by atoms with Crippen molar-refractivity contribution in [2.45, 2.75) is 113 Å². The fourth-order valence-electron chi connectivity index (χ4n) is 10.5. The van der Waals surface area contributed by atoms with Gasteiger partial charge in [0.2, 0.25) is 11.6 Å². The van der Waals surface area contributed by atoms with Gasteiger partial charge in [0.1, 0.15) is 30.5 Å². The number of carbonyl (C=O) groups is 3. The smallest absolute Gasteiger partial charge is 0.312 e. The number of esters is 2. The molecule has 7 fully saturated rings. The van der Waals surface area contributed by atoms with Crippen LogP contribution in [0.15, 0.2) is 11.6 Å². The number of fused-ring (bicyclic) bond motifs is 2. The highest BCUT2D eigenvalue weighted by Crippen LogP contribution is 2.72. The Hall–Kier alpha value is -1.85. The van der Waals surface area contributed by atoms with E-state index in [1.807, 2.05) is 33.8 Å². The van der Waals surface area contributed by atoms with Gasteiger partial charge >= 0.3 is 11.9 Å². The monoisotopic (exact) mass is 544 g/mol. The molecule has 0 radical (unpaired) electrons. The van der Waals surface area contributed by atoms with Crippen LogP contribution in [0.25, 0.3) is 0 Å². The Labute approximate surface area is 226 Å². The topological polar surface area (TPSA) is 138 Å². The average molecular weight is 545 g/mol. The van der Waals surface area contributed by atoms with Gasteiger partial charge in [0.25, 0.3) is 0 Å². The maximum Gasteiger partial charge on any atom is 0.312 e. The van der Waals surface area contributed by atoms with Crippen molar-refractivity contribution in [1.29, 1.82) is 0 Å². The molecule has 0 unspecified atom stereocenters. The molecule has 39 heavy (non-hydrogen) atoms. The van der Waals surface area contributed by atoms with Gasteiger partial charge in [-0.1, -0.05) is 19.9 Å². The Kier molecular flexibility index (Phi) is 4.33. The average Bonchev–Trinajstić information content (AvgIpc) is 3.38. The van der Waals surface area contributed by atoms with Crippen LogP contribution in [0.5, 0.6) is 0 Å². The summed E-state index contributed by atoms with van der Waals surface area (Å²) in [5, 5.41) is 24.0. The molecule has 8 rings (SSSR count). The van der Waals surface area contributed by atoms with E-state index < -0.39 is 75.8 Å². The predicted molar refractivity (Wildman–Crippen MR) is 129 cm³/mol. The van der Waals surface area contributed by atoms with E-state index in [9.17, 15) is 24.6 Å². The third kappa shape index (κ3) is 2.49. The summed E-state index contributed by atoms with van der Waals surface area (Å²) in [5.74, 6) is -6.59. The lowest BCUT2D eigenvalue weighted by Gasteiger charge is -2.52. The standard InChI is InChI=1S/C29H36O10/c1-12-17-19-18(13(2)23(33)35-19)37-29-20(17)25(5,21(12)31)8-9-26(39-29)11-27-15(7-6-14(26)22(29)32)24(3,4)38-28(27,34)10-16(30)36-27/h6,12-13,15,17-20,22,32,34H,7-11H2,1-5H3/t12-,13-,15-,17+,18+,19+,20-,22-,25-,26-,27+,28+,29-/m0/s1. The summed E-state index contributed by atoms with van der Waals surface area (Å²) in [6.45, 7) is 9.31. The van der Waals surface area contributed by atoms with Gasteiger partial charge in [-0.25, -0.2) is 0 Å². The second kappa shape index (κ2) is 6.78. The van der Waals surface area contributed by atoms with Gasteiger partial charge < -0.3 is 33.9 Å². The van der Waals surface area contributed by atoms with Crippen molar-refractivity contribution < 1.29 is 48.3 Å². The number of Topliss-reactive ketones (excluding diaryl/α,β-unsaturated/α-hetero) is 1. The van der Waals surface area contributed by atoms with E-state index >= 15 is 0 Å². The number of hydrogen-bond donors (Lipinski definition) is 2. The lowest BCUT2D eigenvalue weighted by atomic mass is 9.61. The molecule has 1 saturated carbocycles. The maximum atomic E-state index is 14.0. The van der Waals surface area contributed by atoms with Crippen LogP contribution in [-0.4, -0.2) is 74.6 Å². The van der Waals surface area contributed by atoms with Gasteiger partial charge in [-0.2, -0.15) is 0 Å². The quantitative estimate of drug-likeness (QED) is 0.341. The van der Waals surface area contributed by atoms with Crippen LogP contribution in [0.2, 0.25) is 0 Å². The lowest BCUT2D eigenvalue weighted by molar-refractivity contribution is -0.366. The highest BCUT2D eigenvalue weighted by molar-refractivity contribution is 5.90. The molecule has 6 heterocycles. The Morgan fingerprint density at radius 3 is 2.49 bits per heavy atom. The third-order valence-electron chi connectivity index (χ3n) is 12.1. The number of ketones is 1. The molecule has 2 N–H and O–H groups in total. The number of aliphatic hydroxyl groups excluding tert-OH is 1. The minimum Gasteiger partial charge on any atom is -0.459 e. The number of rotatable bonds is 0. The second-order valence-corrected chi connectivity index (χ2v) is 14.3. The molecule has 10 heteroatoms. The van der Waals surface area contributed by atoms with E-state index in [4.69, 9.17) is 23.7 Å². The zero-order valence-corrected chi connectivity index (χ0v) is 22.9. The molecule has 2 aliphatic carbocycles. The molecule has 2 bridgehead atoms. The highest BCUT2D eigenvalue weighted by atomic mass is 16.7.